The molecule has 1 aromatic rings. The Morgan fingerprint density at radius 2 is 1.85 bits per heavy atom. The Balaban J connectivity index is 2.34. The van der Waals surface area contributed by atoms with Crippen molar-refractivity contribution in [2.75, 3.05) is 23.0 Å². The number of rotatable bonds is 7. The van der Waals surface area contributed by atoms with E-state index in [4.69, 9.17) is 9.47 Å². The molecular weight excluding hydrogens is 369 g/mol. The van der Waals surface area contributed by atoms with Crippen molar-refractivity contribution in [1.29, 1.82) is 0 Å². The number of hydrogen-bond donors (Lipinski definition) is 1. The highest BCUT2D eigenvalue weighted by atomic mass is 127. The number of ether oxygens (including phenoxy) is 2. The zero-order valence-corrected chi connectivity index (χ0v) is 14.4. The van der Waals surface area contributed by atoms with Gasteiger partial charge in [-0.3, -0.25) is 4.79 Å². The highest BCUT2D eigenvalue weighted by Crippen LogP contribution is 2.16. The zero-order chi connectivity index (χ0) is 15.0. The van der Waals surface area contributed by atoms with Crippen molar-refractivity contribution in [1.82, 2.24) is 0 Å². The van der Waals surface area contributed by atoms with Gasteiger partial charge in [-0.15, -0.1) is 0 Å². The van der Waals surface area contributed by atoms with E-state index in [2.05, 4.69) is 27.9 Å². The summed E-state index contributed by atoms with van der Waals surface area (Å²) in [6.45, 7) is 7.03. The Kier molecular flexibility index (Phi) is 7.29. The van der Waals surface area contributed by atoms with Crippen molar-refractivity contribution in [2.24, 2.45) is 0 Å². The van der Waals surface area contributed by atoms with Crippen molar-refractivity contribution in [3.8, 4) is 5.75 Å². The molecule has 0 radical (unpaired) electrons. The summed E-state index contributed by atoms with van der Waals surface area (Å²) < 4.78 is 11.9. The minimum Gasteiger partial charge on any atom is -0.493 e. The van der Waals surface area contributed by atoms with Gasteiger partial charge in [0.2, 0.25) is 5.91 Å². The fourth-order valence-corrected chi connectivity index (χ4v) is 1.68. The third-order valence-corrected chi connectivity index (χ3v) is 2.79. The van der Waals surface area contributed by atoms with E-state index in [0.717, 1.165) is 15.9 Å². The topological polar surface area (TPSA) is 47.6 Å². The first-order valence-electron chi connectivity index (χ1n) is 6.63. The first-order chi connectivity index (χ1) is 9.40. The number of nitrogens with one attached hydrogen (secondary N) is 1. The number of carbonyl (C=O) groups is 1. The van der Waals surface area contributed by atoms with Gasteiger partial charge in [0.25, 0.3) is 0 Å². The second kappa shape index (κ2) is 8.46. The number of anilines is 1. The standard InChI is InChI=1S/C15H22INO3/c1-15(2,3)20-10-8-14(18)17-12-4-6-13(7-5-12)19-11-9-16/h4-7H,8-11H2,1-3H3,(H,17,18). The summed E-state index contributed by atoms with van der Waals surface area (Å²) in [7, 11) is 0. The lowest BCUT2D eigenvalue weighted by Crippen LogP contribution is -2.22. The third kappa shape index (κ3) is 7.69. The van der Waals surface area contributed by atoms with Gasteiger partial charge in [0.05, 0.1) is 25.2 Å². The van der Waals surface area contributed by atoms with Crippen molar-refractivity contribution in [3.63, 3.8) is 0 Å². The molecule has 0 saturated heterocycles. The Bertz CT molecular complexity index is 412. The van der Waals surface area contributed by atoms with E-state index in [1.54, 1.807) is 0 Å². The highest BCUT2D eigenvalue weighted by molar-refractivity contribution is 14.1. The van der Waals surface area contributed by atoms with Gasteiger partial charge in [-0.25, -0.2) is 0 Å². The van der Waals surface area contributed by atoms with E-state index >= 15 is 0 Å². The van der Waals surface area contributed by atoms with Crippen LogP contribution in [0.25, 0.3) is 0 Å². The molecule has 1 rings (SSSR count). The summed E-state index contributed by atoms with van der Waals surface area (Å²) >= 11 is 2.26. The minimum absolute atomic E-state index is 0.0461. The molecule has 0 saturated carbocycles. The molecule has 0 unspecified atom stereocenters. The Labute approximate surface area is 134 Å². The van der Waals surface area contributed by atoms with Crippen molar-refractivity contribution < 1.29 is 14.3 Å². The van der Waals surface area contributed by atoms with Crippen LogP contribution in [0.4, 0.5) is 5.69 Å². The van der Waals surface area contributed by atoms with Crippen LogP contribution in [-0.2, 0) is 9.53 Å². The molecule has 4 nitrogen and oxygen atoms in total. The van der Waals surface area contributed by atoms with E-state index in [9.17, 15) is 4.79 Å². The summed E-state index contributed by atoms with van der Waals surface area (Å²) in [4.78, 5) is 11.7. The van der Waals surface area contributed by atoms with Gasteiger partial charge in [-0.05, 0) is 45.0 Å². The largest absolute Gasteiger partial charge is 0.493 e. The monoisotopic (exact) mass is 391 g/mol. The van der Waals surface area contributed by atoms with Gasteiger partial charge in [-0.2, -0.15) is 0 Å². The van der Waals surface area contributed by atoms with E-state index in [-0.39, 0.29) is 11.5 Å². The average Bonchev–Trinajstić information content (AvgIpc) is 2.36. The lowest BCUT2D eigenvalue weighted by Gasteiger charge is -2.19. The molecule has 1 N–H and O–H groups in total. The van der Waals surface area contributed by atoms with Crippen LogP contribution in [0.3, 0.4) is 0 Å². The molecule has 0 aliphatic carbocycles. The fraction of sp³-hybridized carbons (Fsp3) is 0.533. The van der Waals surface area contributed by atoms with Crippen LogP contribution in [0.5, 0.6) is 5.75 Å². The van der Waals surface area contributed by atoms with E-state index < -0.39 is 0 Å². The number of halogens is 1. The second-order valence-corrected chi connectivity index (χ2v) is 6.40. The first kappa shape index (κ1) is 17.2. The SMILES string of the molecule is CC(C)(C)OCCC(=O)Nc1ccc(OCCI)cc1. The number of hydrogen-bond acceptors (Lipinski definition) is 3. The third-order valence-electron chi connectivity index (χ3n) is 2.35. The number of amides is 1. The molecule has 0 aliphatic rings. The van der Waals surface area contributed by atoms with Crippen LogP contribution in [0, 0.1) is 0 Å². The summed E-state index contributed by atoms with van der Waals surface area (Å²) in [5.74, 6) is 0.769. The summed E-state index contributed by atoms with van der Waals surface area (Å²) in [6, 6.07) is 7.39. The number of alkyl halides is 1. The fourth-order valence-electron chi connectivity index (χ4n) is 1.46. The summed E-state index contributed by atoms with van der Waals surface area (Å²) in [5, 5.41) is 2.84. The van der Waals surface area contributed by atoms with Gasteiger partial charge >= 0.3 is 0 Å². The molecule has 20 heavy (non-hydrogen) atoms. The molecule has 112 valence electrons. The van der Waals surface area contributed by atoms with Crippen LogP contribution in [-0.4, -0.2) is 29.1 Å². The van der Waals surface area contributed by atoms with E-state index in [1.807, 2.05) is 45.0 Å². The number of carbonyl (C=O) groups excluding carboxylic acids is 1. The maximum absolute atomic E-state index is 11.7. The molecule has 5 heteroatoms. The molecule has 0 heterocycles. The number of benzene rings is 1. The second-order valence-electron chi connectivity index (χ2n) is 5.32. The van der Waals surface area contributed by atoms with E-state index in [1.165, 1.54) is 0 Å². The van der Waals surface area contributed by atoms with Gasteiger partial charge in [0.1, 0.15) is 5.75 Å². The molecular formula is C15H22INO3. The predicted octanol–water partition coefficient (Wildman–Crippen LogP) is 3.64. The molecule has 1 aromatic carbocycles. The maximum Gasteiger partial charge on any atom is 0.226 e. The zero-order valence-electron chi connectivity index (χ0n) is 12.2. The Morgan fingerprint density at radius 1 is 1.20 bits per heavy atom. The maximum atomic E-state index is 11.7. The lowest BCUT2D eigenvalue weighted by atomic mass is 10.2. The summed E-state index contributed by atoms with van der Waals surface area (Å²) in [5.41, 5.74) is 0.561. The van der Waals surface area contributed by atoms with Crippen LogP contribution < -0.4 is 10.1 Å². The van der Waals surface area contributed by atoms with Gasteiger partial charge in [-0.1, -0.05) is 22.6 Å². The Hall–Kier alpha value is -0.820. The average molecular weight is 391 g/mol. The van der Waals surface area contributed by atoms with Crippen molar-refractivity contribution in [2.45, 2.75) is 32.8 Å². The summed E-state index contributed by atoms with van der Waals surface area (Å²) in [6.07, 6.45) is 0.352. The quantitative estimate of drug-likeness (QED) is 0.570. The Morgan fingerprint density at radius 3 is 2.40 bits per heavy atom. The molecule has 0 aliphatic heterocycles. The van der Waals surface area contributed by atoms with Gasteiger partial charge in [0.15, 0.2) is 0 Å². The molecule has 0 spiro atoms. The van der Waals surface area contributed by atoms with Crippen LogP contribution in [0.1, 0.15) is 27.2 Å². The minimum atomic E-state index is -0.210. The predicted molar refractivity (Wildman–Crippen MR) is 89.8 cm³/mol. The normalized spacial score (nSPS) is 11.2. The van der Waals surface area contributed by atoms with Gasteiger partial charge in [0, 0.05) is 10.1 Å². The van der Waals surface area contributed by atoms with Crippen LogP contribution in [0.15, 0.2) is 24.3 Å². The van der Waals surface area contributed by atoms with Crippen LogP contribution in [0.2, 0.25) is 0 Å². The molecule has 0 atom stereocenters. The van der Waals surface area contributed by atoms with Crippen LogP contribution >= 0.6 is 22.6 Å². The van der Waals surface area contributed by atoms with Gasteiger partial charge < -0.3 is 14.8 Å². The molecule has 1 amide bonds. The lowest BCUT2D eigenvalue weighted by molar-refractivity contribution is -0.118. The van der Waals surface area contributed by atoms with Crippen molar-refractivity contribution >= 4 is 34.2 Å². The smallest absolute Gasteiger partial charge is 0.226 e. The highest BCUT2D eigenvalue weighted by Gasteiger charge is 2.11. The molecule has 0 bridgehead atoms. The van der Waals surface area contributed by atoms with E-state index in [0.29, 0.717) is 19.6 Å². The molecule has 0 aromatic heterocycles. The molecule has 0 fully saturated rings. The van der Waals surface area contributed by atoms with Crippen molar-refractivity contribution in [3.05, 3.63) is 24.3 Å². The first-order valence-corrected chi connectivity index (χ1v) is 8.16.